The minimum atomic E-state index is -1.17. The van der Waals surface area contributed by atoms with Gasteiger partial charge in [-0.05, 0) is 19.4 Å². The molecule has 7 nitrogen and oxygen atoms in total. The van der Waals surface area contributed by atoms with E-state index in [0.29, 0.717) is 5.56 Å². The number of nitro groups is 1. The van der Waals surface area contributed by atoms with E-state index in [1.165, 1.54) is 25.1 Å². The molecule has 1 rings (SSSR count). The summed E-state index contributed by atoms with van der Waals surface area (Å²) in [6.45, 7) is 3.12. The normalized spacial score (nSPS) is 11.7. The van der Waals surface area contributed by atoms with Gasteiger partial charge in [-0.3, -0.25) is 14.9 Å². The molecule has 0 heterocycles. The van der Waals surface area contributed by atoms with Crippen molar-refractivity contribution in [2.45, 2.75) is 26.3 Å². The van der Waals surface area contributed by atoms with Gasteiger partial charge in [-0.1, -0.05) is 19.1 Å². The zero-order valence-electron chi connectivity index (χ0n) is 10.5. The smallest absolute Gasteiger partial charge is 0.326 e. The second-order valence-corrected chi connectivity index (χ2v) is 4.00. The van der Waals surface area contributed by atoms with Gasteiger partial charge in [0.25, 0.3) is 11.6 Å². The molecule has 0 saturated carbocycles. The summed E-state index contributed by atoms with van der Waals surface area (Å²) in [6, 6.07) is 3.27. The Morgan fingerprint density at radius 2 is 2.11 bits per heavy atom. The summed E-state index contributed by atoms with van der Waals surface area (Å²) in [6.07, 6.45) is 0.195. The topological polar surface area (TPSA) is 110 Å². The molecule has 2 N–H and O–H groups in total. The van der Waals surface area contributed by atoms with Crippen molar-refractivity contribution in [1.82, 2.24) is 5.32 Å². The van der Waals surface area contributed by atoms with Crippen LogP contribution >= 0.6 is 0 Å². The highest BCUT2D eigenvalue weighted by molar-refractivity contribution is 6.00. The summed E-state index contributed by atoms with van der Waals surface area (Å²) in [5.41, 5.74) is -0.0917. The standard InChI is InChI=1S/C12H14N2O5/c1-3-9(12(16)17)13-11(15)8-6-4-5-7(2)10(8)14(18)19/h4-6,9H,3H2,1-2H3,(H,13,15)(H,16,17)/t9-/m0/s1. The zero-order chi connectivity index (χ0) is 14.6. The molecule has 0 spiro atoms. The average Bonchev–Trinajstić information content (AvgIpc) is 2.34. The van der Waals surface area contributed by atoms with E-state index in [2.05, 4.69) is 5.32 Å². The van der Waals surface area contributed by atoms with Crippen LogP contribution in [0.25, 0.3) is 0 Å². The molecule has 1 aromatic rings. The number of rotatable bonds is 5. The van der Waals surface area contributed by atoms with E-state index in [0.717, 1.165) is 0 Å². The Hall–Kier alpha value is -2.44. The third-order valence-corrected chi connectivity index (χ3v) is 2.68. The van der Waals surface area contributed by atoms with Crippen molar-refractivity contribution < 1.29 is 19.6 Å². The molecule has 0 radical (unpaired) electrons. The second kappa shape index (κ2) is 5.94. The molecular weight excluding hydrogens is 252 g/mol. The van der Waals surface area contributed by atoms with E-state index >= 15 is 0 Å². The summed E-state index contributed by atoms with van der Waals surface area (Å²) < 4.78 is 0. The number of aryl methyl sites for hydroxylation is 1. The number of para-hydroxylation sites is 1. The van der Waals surface area contributed by atoms with E-state index in [1.807, 2.05) is 0 Å². The molecule has 0 aliphatic rings. The molecule has 1 aromatic carbocycles. The van der Waals surface area contributed by atoms with Crippen molar-refractivity contribution in [2.75, 3.05) is 0 Å². The Morgan fingerprint density at radius 3 is 2.58 bits per heavy atom. The third kappa shape index (κ3) is 3.27. The lowest BCUT2D eigenvalue weighted by molar-refractivity contribution is -0.385. The first-order valence-corrected chi connectivity index (χ1v) is 5.66. The van der Waals surface area contributed by atoms with Gasteiger partial charge >= 0.3 is 5.97 Å². The Labute approximate surface area is 109 Å². The van der Waals surface area contributed by atoms with Crippen LogP contribution in [0.4, 0.5) is 5.69 Å². The van der Waals surface area contributed by atoms with Crippen LogP contribution in [-0.4, -0.2) is 27.9 Å². The maximum absolute atomic E-state index is 11.9. The van der Waals surface area contributed by atoms with Gasteiger partial charge < -0.3 is 10.4 Å². The number of carboxylic acids is 1. The van der Waals surface area contributed by atoms with Crippen LogP contribution < -0.4 is 5.32 Å². The number of aliphatic carboxylic acids is 1. The fourth-order valence-corrected chi connectivity index (χ4v) is 1.66. The number of nitrogens with one attached hydrogen (secondary N) is 1. The maximum atomic E-state index is 11.9. The van der Waals surface area contributed by atoms with E-state index < -0.39 is 22.8 Å². The van der Waals surface area contributed by atoms with Crippen LogP contribution in [0.3, 0.4) is 0 Å². The van der Waals surface area contributed by atoms with Crippen LogP contribution in [0.2, 0.25) is 0 Å². The van der Waals surface area contributed by atoms with Gasteiger partial charge in [-0.2, -0.15) is 0 Å². The molecular formula is C12H14N2O5. The molecule has 0 aliphatic heterocycles. The van der Waals surface area contributed by atoms with Gasteiger partial charge in [0.05, 0.1) is 4.92 Å². The van der Waals surface area contributed by atoms with Gasteiger partial charge in [-0.25, -0.2) is 4.79 Å². The van der Waals surface area contributed by atoms with Crippen molar-refractivity contribution in [3.05, 3.63) is 39.4 Å². The van der Waals surface area contributed by atoms with Crippen LogP contribution in [0.15, 0.2) is 18.2 Å². The lowest BCUT2D eigenvalue weighted by atomic mass is 10.1. The number of benzene rings is 1. The van der Waals surface area contributed by atoms with Crippen molar-refractivity contribution in [1.29, 1.82) is 0 Å². The number of hydrogen-bond acceptors (Lipinski definition) is 4. The lowest BCUT2D eigenvalue weighted by Gasteiger charge is -2.12. The Morgan fingerprint density at radius 1 is 1.47 bits per heavy atom. The third-order valence-electron chi connectivity index (χ3n) is 2.68. The summed E-state index contributed by atoms with van der Waals surface area (Å²) in [5.74, 6) is -1.93. The monoisotopic (exact) mass is 266 g/mol. The van der Waals surface area contributed by atoms with Crippen LogP contribution in [-0.2, 0) is 4.79 Å². The summed E-state index contributed by atoms with van der Waals surface area (Å²) in [4.78, 5) is 33.1. The van der Waals surface area contributed by atoms with Crippen molar-refractivity contribution in [3.8, 4) is 0 Å². The summed E-state index contributed by atoms with van der Waals surface area (Å²) in [7, 11) is 0. The fraction of sp³-hybridized carbons (Fsp3) is 0.333. The van der Waals surface area contributed by atoms with Gasteiger partial charge in [0, 0.05) is 5.56 Å². The quantitative estimate of drug-likeness (QED) is 0.619. The van der Waals surface area contributed by atoms with Crippen molar-refractivity contribution in [3.63, 3.8) is 0 Å². The first-order valence-electron chi connectivity index (χ1n) is 5.66. The Bertz CT molecular complexity index is 527. The fourth-order valence-electron chi connectivity index (χ4n) is 1.66. The van der Waals surface area contributed by atoms with Crippen molar-refractivity contribution in [2.24, 2.45) is 0 Å². The lowest BCUT2D eigenvalue weighted by Crippen LogP contribution is -2.40. The predicted octanol–water partition coefficient (Wildman–Crippen LogP) is 1.50. The van der Waals surface area contributed by atoms with Gasteiger partial charge in [-0.15, -0.1) is 0 Å². The van der Waals surface area contributed by atoms with E-state index in [4.69, 9.17) is 5.11 Å². The van der Waals surface area contributed by atoms with Crippen LogP contribution in [0.1, 0.15) is 29.3 Å². The second-order valence-electron chi connectivity index (χ2n) is 4.00. The van der Waals surface area contributed by atoms with Crippen LogP contribution in [0, 0.1) is 17.0 Å². The molecule has 0 fully saturated rings. The van der Waals surface area contributed by atoms with Gasteiger partial charge in [0.15, 0.2) is 0 Å². The number of carbonyl (C=O) groups is 2. The summed E-state index contributed by atoms with van der Waals surface area (Å²) >= 11 is 0. The molecule has 102 valence electrons. The number of carboxylic acid groups (broad SMARTS) is 1. The molecule has 19 heavy (non-hydrogen) atoms. The first kappa shape index (κ1) is 14.6. The molecule has 0 aromatic heterocycles. The minimum Gasteiger partial charge on any atom is -0.480 e. The molecule has 7 heteroatoms. The molecule has 0 aliphatic carbocycles. The van der Waals surface area contributed by atoms with E-state index in [-0.39, 0.29) is 17.7 Å². The first-order chi connectivity index (χ1) is 8.88. The number of amides is 1. The predicted molar refractivity (Wildman–Crippen MR) is 67.0 cm³/mol. The Kier molecular flexibility index (Phi) is 4.57. The van der Waals surface area contributed by atoms with Crippen molar-refractivity contribution >= 4 is 17.6 Å². The Balaban J connectivity index is 3.10. The SMILES string of the molecule is CC[C@H](NC(=O)c1cccc(C)c1[N+](=O)[O-])C(=O)O. The minimum absolute atomic E-state index is 0.135. The largest absolute Gasteiger partial charge is 0.480 e. The molecule has 0 unspecified atom stereocenters. The van der Waals surface area contributed by atoms with Crippen LogP contribution in [0.5, 0.6) is 0 Å². The number of hydrogen-bond donors (Lipinski definition) is 2. The highest BCUT2D eigenvalue weighted by Gasteiger charge is 2.25. The van der Waals surface area contributed by atoms with Gasteiger partial charge in [0.1, 0.15) is 11.6 Å². The zero-order valence-corrected chi connectivity index (χ0v) is 10.5. The van der Waals surface area contributed by atoms with Gasteiger partial charge in [0.2, 0.25) is 0 Å². The summed E-state index contributed by atoms with van der Waals surface area (Å²) in [5, 5.41) is 22.1. The number of carbonyl (C=O) groups excluding carboxylic acids is 1. The molecule has 1 amide bonds. The number of nitro benzene ring substituents is 1. The highest BCUT2D eigenvalue weighted by Crippen LogP contribution is 2.23. The average molecular weight is 266 g/mol. The maximum Gasteiger partial charge on any atom is 0.326 e. The van der Waals surface area contributed by atoms with E-state index in [9.17, 15) is 19.7 Å². The molecule has 0 bridgehead atoms. The highest BCUT2D eigenvalue weighted by atomic mass is 16.6. The number of nitrogens with zero attached hydrogens (tertiary/aromatic N) is 1. The molecule has 0 saturated heterocycles. The van der Waals surface area contributed by atoms with E-state index in [1.54, 1.807) is 6.92 Å². The molecule has 1 atom stereocenters.